The van der Waals surface area contributed by atoms with Gasteiger partial charge in [0.2, 0.25) is 5.91 Å². The summed E-state index contributed by atoms with van der Waals surface area (Å²) in [4.78, 5) is 18.3. The van der Waals surface area contributed by atoms with E-state index in [2.05, 4.69) is 55.3 Å². The molecule has 1 N–H and O–H groups in total. The van der Waals surface area contributed by atoms with E-state index in [1.807, 2.05) is 24.3 Å². The molecule has 1 heterocycles. The van der Waals surface area contributed by atoms with Crippen molar-refractivity contribution in [3.8, 4) is 5.75 Å². The summed E-state index contributed by atoms with van der Waals surface area (Å²) in [5.41, 5.74) is 3.43. The number of anilines is 1. The van der Waals surface area contributed by atoms with Gasteiger partial charge in [0.05, 0.1) is 17.7 Å². The molecule has 1 aliphatic rings. The number of aryl methyl sites for hydroxylation is 1. The van der Waals surface area contributed by atoms with Gasteiger partial charge in [-0.3, -0.25) is 9.78 Å². The first-order chi connectivity index (χ1) is 15.0. The highest BCUT2D eigenvalue weighted by Crippen LogP contribution is 2.41. The zero-order valence-corrected chi connectivity index (χ0v) is 18.8. The fraction of sp³-hybridized carbons (Fsp3) is 0.407. The molecule has 0 spiro atoms. The summed E-state index contributed by atoms with van der Waals surface area (Å²) in [6.45, 7) is 6.96. The van der Waals surface area contributed by atoms with E-state index in [0.717, 1.165) is 53.6 Å². The number of fused-ring (bicyclic) bond motifs is 1. The standard InChI is InChI=1S/C27H32N2O2/c1-19(2)18-31-24-14-13-23(22-8-7-17-28-25(22)24)29-26(30)27(15-5-4-6-16-27)21-11-9-20(3)10-12-21/h7-14,17,19H,4-6,15-16,18H2,1-3H3,(H,29,30). The molecule has 4 nitrogen and oxygen atoms in total. The van der Waals surface area contributed by atoms with Crippen molar-refractivity contribution in [2.75, 3.05) is 11.9 Å². The second-order valence-corrected chi connectivity index (χ2v) is 9.18. The molecule has 0 radical (unpaired) electrons. The summed E-state index contributed by atoms with van der Waals surface area (Å²) in [7, 11) is 0. The molecule has 4 heteroatoms. The molecule has 2 aromatic carbocycles. The van der Waals surface area contributed by atoms with Gasteiger partial charge in [-0.15, -0.1) is 0 Å². The number of aromatic nitrogens is 1. The third-order valence-electron chi connectivity index (χ3n) is 6.30. The van der Waals surface area contributed by atoms with Crippen molar-refractivity contribution in [2.45, 2.75) is 58.3 Å². The van der Waals surface area contributed by atoms with Crippen LogP contribution in [0, 0.1) is 12.8 Å². The predicted molar refractivity (Wildman–Crippen MR) is 127 cm³/mol. The highest BCUT2D eigenvalue weighted by Gasteiger charge is 2.41. The highest BCUT2D eigenvalue weighted by molar-refractivity contribution is 6.06. The molecule has 0 bridgehead atoms. The Morgan fingerprint density at radius 2 is 1.81 bits per heavy atom. The average molecular weight is 417 g/mol. The number of rotatable bonds is 6. The summed E-state index contributed by atoms with van der Waals surface area (Å²) in [5, 5.41) is 4.18. The van der Waals surface area contributed by atoms with Crippen LogP contribution in [0.1, 0.15) is 57.1 Å². The lowest BCUT2D eigenvalue weighted by Crippen LogP contribution is -2.42. The molecule has 1 aliphatic carbocycles. The summed E-state index contributed by atoms with van der Waals surface area (Å²) in [6.07, 6.45) is 6.87. The summed E-state index contributed by atoms with van der Waals surface area (Å²) < 4.78 is 5.98. The van der Waals surface area contributed by atoms with Gasteiger partial charge in [0, 0.05) is 11.6 Å². The summed E-state index contributed by atoms with van der Waals surface area (Å²) in [6, 6.07) is 16.2. The van der Waals surface area contributed by atoms with Gasteiger partial charge in [0.25, 0.3) is 0 Å². The number of amides is 1. The topological polar surface area (TPSA) is 51.2 Å². The van der Waals surface area contributed by atoms with Crippen LogP contribution in [0.2, 0.25) is 0 Å². The molecule has 0 unspecified atom stereocenters. The summed E-state index contributed by atoms with van der Waals surface area (Å²) >= 11 is 0. The second-order valence-electron chi connectivity index (χ2n) is 9.18. The third kappa shape index (κ3) is 4.43. The molecular formula is C27H32N2O2. The van der Waals surface area contributed by atoms with Crippen molar-refractivity contribution in [1.82, 2.24) is 4.98 Å². The number of ether oxygens (including phenoxy) is 1. The van der Waals surface area contributed by atoms with Gasteiger partial charge < -0.3 is 10.1 Å². The number of nitrogens with one attached hydrogen (secondary N) is 1. The fourth-order valence-corrected chi connectivity index (χ4v) is 4.55. The van der Waals surface area contributed by atoms with E-state index in [0.29, 0.717) is 12.5 Å². The summed E-state index contributed by atoms with van der Waals surface area (Å²) in [5.74, 6) is 1.27. The minimum absolute atomic E-state index is 0.0806. The molecule has 1 fully saturated rings. The molecule has 0 saturated heterocycles. The Kier molecular flexibility index (Phi) is 6.26. The Bertz CT molecular complexity index is 1050. The van der Waals surface area contributed by atoms with Crippen molar-refractivity contribution < 1.29 is 9.53 Å². The van der Waals surface area contributed by atoms with Gasteiger partial charge in [-0.05, 0) is 55.5 Å². The van der Waals surface area contributed by atoms with Crippen LogP contribution in [0.25, 0.3) is 10.9 Å². The van der Waals surface area contributed by atoms with E-state index in [9.17, 15) is 4.79 Å². The molecule has 162 valence electrons. The van der Waals surface area contributed by atoms with Crippen LogP contribution in [-0.2, 0) is 10.2 Å². The molecule has 1 amide bonds. The third-order valence-corrected chi connectivity index (χ3v) is 6.30. The minimum Gasteiger partial charge on any atom is -0.491 e. The average Bonchev–Trinajstić information content (AvgIpc) is 2.79. The van der Waals surface area contributed by atoms with Crippen molar-refractivity contribution in [1.29, 1.82) is 0 Å². The Morgan fingerprint density at radius 1 is 1.06 bits per heavy atom. The normalized spacial score (nSPS) is 15.7. The molecule has 0 aliphatic heterocycles. The van der Waals surface area contributed by atoms with Crippen LogP contribution < -0.4 is 10.1 Å². The molecule has 4 rings (SSSR count). The lowest BCUT2D eigenvalue weighted by molar-refractivity contribution is -0.122. The smallest absolute Gasteiger partial charge is 0.235 e. The molecule has 31 heavy (non-hydrogen) atoms. The monoisotopic (exact) mass is 416 g/mol. The van der Waals surface area contributed by atoms with Crippen LogP contribution in [-0.4, -0.2) is 17.5 Å². The van der Waals surface area contributed by atoms with E-state index in [-0.39, 0.29) is 5.91 Å². The number of hydrogen-bond donors (Lipinski definition) is 1. The molecular weight excluding hydrogens is 384 g/mol. The number of hydrogen-bond acceptors (Lipinski definition) is 3. The molecule has 1 aromatic heterocycles. The molecule has 3 aromatic rings. The van der Waals surface area contributed by atoms with Gasteiger partial charge in [-0.25, -0.2) is 0 Å². The van der Waals surface area contributed by atoms with Crippen LogP contribution in [0.3, 0.4) is 0 Å². The minimum atomic E-state index is -0.479. The van der Waals surface area contributed by atoms with Gasteiger partial charge in [0.15, 0.2) is 0 Å². The van der Waals surface area contributed by atoms with Crippen molar-refractivity contribution in [3.63, 3.8) is 0 Å². The quantitative estimate of drug-likeness (QED) is 0.504. The predicted octanol–water partition coefficient (Wildman–Crippen LogP) is 6.42. The first-order valence-corrected chi connectivity index (χ1v) is 11.4. The van der Waals surface area contributed by atoms with Crippen LogP contribution >= 0.6 is 0 Å². The maximum Gasteiger partial charge on any atom is 0.235 e. The Labute approximate surface area is 185 Å². The van der Waals surface area contributed by atoms with Crippen LogP contribution in [0.5, 0.6) is 5.75 Å². The van der Waals surface area contributed by atoms with E-state index >= 15 is 0 Å². The largest absolute Gasteiger partial charge is 0.491 e. The van der Waals surface area contributed by atoms with E-state index in [1.165, 1.54) is 12.0 Å². The number of carbonyl (C=O) groups is 1. The van der Waals surface area contributed by atoms with E-state index in [4.69, 9.17) is 4.74 Å². The molecule has 0 atom stereocenters. The number of carbonyl (C=O) groups excluding carboxylic acids is 1. The first kappa shape index (κ1) is 21.4. The van der Waals surface area contributed by atoms with Crippen molar-refractivity contribution >= 4 is 22.5 Å². The zero-order chi connectivity index (χ0) is 21.8. The maximum atomic E-state index is 13.8. The van der Waals surface area contributed by atoms with Crippen LogP contribution in [0.4, 0.5) is 5.69 Å². The number of pyridine rings is 1. The second kappa shape index (κ2) is 9.09. The Balaban J connectivity index is 1.68. The highest BCUT2D eigenvalue weighted by atomic mass is 16.5. The Morgan fingerprint density at radius 3 is 2.52 bits per heavy atom. The maximum absolute atomic E-state index is 13.8. The fourth-order valence-electron chi connectivity index (χ4n) is 4.55. The Hall–Kier alpha value is -2.88. The number of benzene rings is 2. The van der Waals surface area contributed by atoms with Gasteiger partial charge >= 0.3 is 0 Å². The first-order valence-electron chi connectivity index (χ1n) is 11.4. The van der Waals surface area contributed by atoms with Gasteiger partial charge in [0.1, 0.15) is 11.3 Å². The lowest BCUT2D eigenvalue weighted by atomic mass is 9.68. The van der Waals surface area contributed by atoms with E-state index < -0.39 is 5.41 Å². The van der Waals surface area contributed by atoms with Crippen molar-refractivity contribution in [2.24, 2.45) is 5.92 Å². The van der Waals surface area contributed by atoms with Gasteiger partial charge in [-0.2, -0.15) is 0 Å². The zero-order valence-electron chi connectivity index (χ0n) is 18.8. The molecule has 1 saturated carbocycles. The van der Waals surface area contributed by atoms with Crippen LogP contribution in [0.15, 0.2) is 54.7 Å². The number of nitrogens with zero attached hydrogens (tertiary/aromatic N) is 1. The lowest BCUT2D eigenvalue weighted by Gasteiger charge is -2.36. The van der Waals surface area contributed by atoms with E-state index in [1.54, 1.807) is 6.20 Å². The van der Waals surface area contributed by atoms with Gasteiger partial charge in [-0.1, -0.05) is 62.9 Å². The SMILES string of the molecule is Cc1ccc(C2(C(=O)Nc3ccc(OCC(C)C)c4ncccc34)CCCCC2)cc1. The van der Waals surface area contributed by atoms with Crippen molar-refractivity contribution in [3.05, 3.63) is 65.9 Å².